The van der Waals surface area contributed by atoms with Gasteiger partial charge >= 0.3 is 0 Å². The highest BCUT2D eigenvalue weighted by molar-refractivity contribution is 5.92. The summed E-state index contributed by atoms with van der Waals surface area (Å²) in [6.07, 6.45) is 1.90. The summed E-state index contributed by atoms with van der Waals surface area (Å²) >= 11 is 0. The van der Waals surface area contributed by atoms with Crippen LogP contribution in [0.2, 0.25) is 0 Å². The number of nitrogen functional groups attached to an aromatic ring is 1. The molecule has 1 fully saturated rings. The zero-order chi connectivity index (χ0) is 16.8. The van der Waals surface area contributed by atoms with Gasteiger partial charge in [-0.15, -0.1) is 12.4 Å². The molecule has 6 heteroatoms. The van der Waals surface area contributed by atoms with Crippen molar-refractivity contribution in [3.63, 3.8) is 0 Å². The van der Waals surface area contributed by atoms with E-state index < -0.39 is 0 Å². The second-order valence-electron chi connectivity index (χ2n) is 5.85. The summed E-state index contributed by atoms with van der Waals surface area (Å²) in [5, 5.41) is 2.93. The van der Waals surface area contributed by atoms with Gasteiger partial charge in [0.1, 0.15) is 11.9 Å². The number of nitrogens with one attached hydrogen (secondary N) is 1. The number of para-hydroxylation sites is 3. The van der Waals surface area contributed by atoms with E-state index >= 15 is 0 Å². The van der Waals surface area contributed by atoms with Crippen molar-refractivity contribution in [3.05, 3.63) is 54.1 Å². The van der Waals surface area contributed by atoms with Crippen molar-refractivity contribution < 1.29 is 14.3 Å². The molecule has 1 amide bonds. The predicted molar refractivity (Wildman–Crippen MR) is 101 cm³/mol. The molecule has 1 saturated heterocycles. The minimum Gasteiger partial charge on any atom is -0.486 e. The summed E-state index contributed by atoms with van der Waals surface area (Å²) in [7, 11) is 0. The molecule has 2 aromatic carbocycles. The number of nitrogens with two attached hydrogens (primary N) is 1. The Kier molecular flexibility index (Phi) is 7.10. The summed E-state index contributed by atoms with van der Waals surface area (Å²) in [6, 6.07) is 15.1. The molecular weight excluding hydrogens is 340 g/mol. The first-order valence-corrected chi connectivity index (χ1v) is 8.19. The van der Waals surface area contributed by atoms with Gasteiger partial charge in [0.05, 0.1) is 18.9 Å². The van der Waals surface area contributed by atoms with E-state index in [1.54, 1.807) is 0 Å². The molecule has 134 valence electrons. The molecule has 0 aliphatic carbocycles. The number of halogens is 1. The summed E-state index contributed by atoms with van der Waals surface area (Å²) in [5.74, 6) is 0.623. The van der Waals surface area contributed by atoms with E-state index in [0.29, 0.717) is 30.9 Å². The van der Waals surface area contributed by atoms with Crippen LogP contribution >= 0.6 is 12.4 Å². The van der Waals surface area contributed by atoms with Crippen LogP contribution in [0, 0.1) is 0 Å². The summed E-state index contributed by atoms with van der Waals surface area (Å²) in [4.78, 5) is 12.3. The lowest BCUT2D eigenvalue weighted by atomic mass is 10.1. The van der Waals surface area contributed by atoms with E-state index in [9.17, 15) is 4.79 Å². The minimum absolute atomic E-state index is 0. The first-order chi connectivity index (χ1) is 11.7. The van der Waals surface area contributed by atoms with Crippen LogP contribution in [0.25, 0.3) is 0 Å². The largest absolute Gasteiger partial charge is 0.486 e. The van der Waals surface area contributed by atoms with Crippen LogP contribution in [0.5, 0.6) is 5.75 Å². The Balaban J connectivity index is 0.00000225. The highest BCUT2D eigenvalue weighted by atomic mass is 35.5. The predicted octanol–water partition coefficient (Wildman–Crippen LogP) is 3.43. The van der Waals surface area contributed by atoms with E-state index in [1.165, 1.54) is 0 Å². The van der Waals surface area contributed by atoms with Gasteiger partial charge in [-0.2, -0.15) is 0 Å². The molecule has 25 heavy (non-hydrogen) atoms. The fourth-order valence-electron chi connectivity index (χ4n) is 2.68. The Morgan fingerprint density at radius 1 is 1.20 bits per heavy atom. The maximum absolute atomic E-state index is 12.3. The van der Waals surface area contributed by atoms with Crippen LogP contribution in [0.1, 0.15) is 18.4 Å². The smallest absolute Gasteiger partial charge is 0.224 e. The van der Waals surface area contributed by atoms with E-state index in [1.807, 2.05) is 48.5 Å². The van der Waals surface area contributed by atoms with Gasteiger partial charge in [-0.1, -0.05) is 30.3 Å². The molecule has 2 aromatic rings. The third-order valence-electron chi connectivity index (χ3n) is 4.02. The molecule has 0 spiro atoms. The Morgan fingerprint density at radius 3 is 2.72 bits per heavy atom. The Labute approximate surface area is 153 Å². The highest BCUT2D eigenvalue weighted by Gasteiger charge is 2.19. The normalized spacial score (nSPS) is 16.1. The van der Waals surface area contributed by atoms with Crippen LogP contribution in [0.15, 0.2) is 48.5 Å². The molecule has 0 bridgehead atoms. The number of anilines is 2. The van der Waals surface area contributed by atoms with Crippen molar-refractivity contribution in [1.82, 2.24) is 0 Å². The molecule has 1 aliphatic heterocycles. The van der Waals surface area contributed by atoms with E-state index in [2.05, 4.69) is 5.32 Å². The lowest BCUT2D eigenvalue weighted by Crippen LogP contribution is -2.18. The van der Waals surface area contributed by atoms with Crippen molar-refractivity contribution in [2.24, 2.45) is 0 Å². The maximum Gasteiger partial charge on any atom is 0.224 e. The molecule has 1 heterocycles. The molecule has 1 atom stereocenters. The Bertz CT molecular complexity index is 703. The maximum atomic E-state index is 12.3. The Morgan fingerprint density at radius 2 is 1.96 bits per heavy atom. The number of rotatable bonds is 6. The standard InChI is InChI=1S/C19H22N2O3.ClH/c20-16-6-2-1-5-14(16)9-10-19(22)21-17-7-3-4-8-18(17)24-15-11-12-23-13-15;/h1-8,15H,9-13,20H2,(H,21,22);1H. The lowest BCUT2D eigenvalue weighted by molar-refractivity contribution is -0.116. The second kappa shape index (κ2) is 9.30. The molecule has 0 radical (unpaired) electrons. The number of carbonyl (C=O) groups is 1. The highest BCUT2D eigenvalue weighted by Crippen LogP contribution is 2.27. The molecular formula is C19H23ClN2O3. The van der Waals surface area contributed by atoms with Crippen LogP contribution < -0.4 is 15.8 Å². The zero-order valence-corrected chi connectivity index (χ0v) is 14.8. The number of aryl methyl sites for hydroxylation is 1. The van der Waals surface area contributed by atoms with Gasteiger partial charge in [0.2, 0.25) is 5.91 Å². The van der Waals surface area contributed by atoms with E-state index in [0.717, 1.165) is 24.3 Å². The number of benzene rings is 2. The fraction of sp³-hybridized carbons (Fsp3) is 0.316. The number of hydrogen-bond donors (Lipinski definition) is 2. The minimum atomic E-state index is -0.0584. The van der Waals surface area contributed by atoms with Crippen LogP contribution in [-0.4, -0.2) is 25.2 Å². The molecule has 1 aliphatic rings. The first kappa shape index (κ1) is 19.1. The molecule has 3 rings (SSSR count). The van der Waals surface area contributed by atoms with Crippen molar-refractivity contribution in [1.29, 1.82) is 0 Å². The topological polar surface area (TPSA) is 73.6 Å². The monoisotopic (exact) mass is 362 g/mol. The summed E-state index contributed by atoms with van der Waals surface area (Å²) < 4.78 is 11.3. The quantitative estimate of drug-likeness (QED) is 0.772. The van der Waals surface area contributed by atoms with Crippen molar-refractivity contribution in [3.8, 4) is 5.75 Å². The molecule has 0 aromatic heterocycles. The van der Waals surface area contributed by atoms with Crippen LogP contribution in [0.4, 0.5) is 11.4 Å². The average molecular weight is 363 g/mol. The van der Waals surface area contributed by atoms with Crippen LogP contribution in [0.3, 0.4) is 0 Å². The molecule has 5 nitrogen and oxygen atoms in total. The number of amides is 1. The van der Waals surface area contributed by atoms with Crippen molar-refractivity contribution >= 4 is 29.7 Å². The molecule has 0 saturated carbocycles. The van der Waals surface area contributed by atoms with Gasteiger partial charge < -0.3 is 20.5 Å². The van der Waals surface area contributed by atoms with Gasteiger partial charge in [-0.3, -0.25) is 4.79 Å². The Hall–Kier alpha value is -2.24. The molecule has 1 unspecified atom stereocenters. The third kappa shape index (κ3) is 5.37. The lowest BCUT2D eigenvalue weighted by Gasteiger charge is -2.16. The van der Waals surface area contributed by atoms with Gasteiger partial charge in [-0.05, 0) is 30.2 Å². The first-order valence-electron chi connectivity index (χ1n) is 8.19. The van der Waals surface area contributed by atoms with Crippen molar-refractivity contribution in [2.75, 3.05) is 24.3 Å². The number of carbonyl (C=O) groups excluding carboxylic acids is 1. The van der Waals surface area contributed by atoms with Gasteiger partial charge in [0, 0.05) is 18.5 Å². The van der Waals surface area contributed by atoms with E-state index in [4.69, 9.17) is 15.2 Å². The average Bonchev–Trinajstić information content (AvgIpc) is 3.09. The molecule has 3 N–H and O–H groups in total. The van der Waals surface area contributed by atoms with Crippen LogP contribution in [-0.2, 0) is 16.0 Å². The second-order valence-corrected chi connectivity index (χ2v) is 5.85. The summed E-state index contributed by atoms with van der Waals surface area (Å²) in [5.41, 5.74) is 8.31. The van der Waals surface area contributed by atoms with E-state index in [-0.39, 0.29) is 24.4 Å². The zero-order valence-electron chi connectivity index (χ0n) is 13.9. The fourth-order valence-corrected chi connectivity index (χ4v) is 2.68. The SMILES string of the molecule is Cl.Nc1ccccc1CCC(=O)Nc1ccccc1OC1CCOC1. The van der Waals surface area contributed by atoms with Gasteiger partial charge in [-0.25, -0.2) is 0 Å². The number of ether oxygens (including phenoxy) is 2. The van der Waals surface area contributed by atoms with Crippen molar-refractivity contribution in [2.45, 2.75) is 25.4 Å². The number of hydrogen-bond acceptors (Lipinski definition) is 4. The van der Waals surface area contributed by atoms with Gasteiger partial charge in [0.25, 0.3) is 0 Å². The van der Waals surface area contributed by atoms with Gasteiger partial charge in [0.15, 0.2) is 0 Å². The third-order valence-corrected chi connectivity index (χ3v) is 4.02. The summed E-state index contributed by atoms with van der Waals surface area (Å²) in [6.45, 7) is 1.31.